The van der Waals surface area contributed by atoms with Gasteiger partial charge in [0.15, 0.2) is 0 Å². The Morgan fingerprint density at radius 2 is 1.29 bits per heavy atom. The fraction of sp³-hybridized carbons (Fsp3) is 0.882. The van der Waals surface area contributed by atoms with E-state index in [2.05, 4.69) is 54.5 Å². The largest absolute Gasteiger partial charge is 0.508 e. The molecule has 1 aliphatic rings. The van der Waals surface area contributed by atoms with Crippen LogP contribution in [0.4, 0.5) is 0 Å². The smallest absolute Gasteiger partial charge is 0.371 e. The van der Waals surface area contributed by atoms with Crippen LogP contribution in [0.3, 0.4) is 0 Å². The van der Waals surface area contributed by atoms with Gasteiger partial charge in [0.25, 0.3) is 0 Å². The average molecular weight is 315 g/mol. The van der Waals surface area contributed by atoms with Crippen LogP contribution in [0.5, 0.6) is 0 Å². The Labute approximate surface area is 132 Å². The highest BCUT2D eigenvalue weighted by Crippen LogP contribution is 2.39. The number of rotatable bonds is 8. The molecule has 0 radical (unpaired) electrons. The minimum absolute atomic E-state index is 0.112. The van der Waals surface area contributed by atoms with Gasteiger partial charge in [-0.3, -0.25) is 0 Å². The maximum Gasteiger partial charge on any atom is 0.508 e. The molecule has 0 fully saturated rings. The molecule has 0 heterocycles. The summed E-state index contributed by atoms with van der Waals surface area (Å²) in [6.07, 6.45) is 7.61. The fourth-order valence-electron chi connectivity index (χ4n) is 2.86. The number of hydrogen-bond acceptors (Lipinski definition) is 3. The van der Waals surface area contributed by atoms with E-state index in [0.717, 1.165) is 6.42 Å². The van der Waals surface area contributed by atoms with Gasteiger partial charge in [-0.05, 0) is 67.2 Å². The topological polar surface area (TPSA) is 27.7 Å². The molecule has 0 amide bonds. The predicted octanol–water partition coefficient (Wildman–Crippen LogP) is 5.09. The summed E-state index contributed by atoms with van der Waals surface area (Å²) in [5, 5.41) is 0. The first kappa shape index (κ1) is 18.9. The van der Waals surface area contributed by atoms with Crippen molar-refractivity contribution in [2.45, 2.75) is 98.0 Å². The van der Waals surface area contributed by atoms with Crippen molar-refractivity contribution < 1.29 is 13.3 Å². The first-order chi connectivity index (χ1) is 9.77. The van der Waals surface area contributed by atoms with E-state index in [9.17, 15) is 0 Å². The molecule has 0 N–H and O–H groups in total. The molecule has 0 saturated carbocycles. The van der Waals surface area contributed by atoms with E-state index >= 15 is 0 Å². The first-order valence-corrected chi connectivity index (χ1v) is 10.3. The van der Waals surface area contributed by atoms with Gasteiger partial charge in [-0.1, -0.05) is 18.6 Å². The molecule has 4 heteroatoms. The van der Waals surface area contributed by atoms with Gasteiger partial charge >= 0.3 is 8.80 Å². The Hall–Kier alpha value is -0.163. The van der Waals surface area contributed by atoms with E-state index in [1.807, 2.05) is 0 Å². The van der Waals surface area contributed by atoms with Crippen molar-refractivity contribution in [1.82, 2.24) is 0 Å². The number of hydrogen-bond donors (Lipinski definition) is 0. The second-order valence-corrected chi connectivity index (χ2v) is 9.63. The molecule has 0 saturated heterocycles. The molecule has 0 bridgehead atoms. The van der Waals surface area contributed by atoms with E-state index in [0.29, 0.717) is 0 Å². The number of allylic oxidation sites excluding steroid dienone is 2. The highest BCUT2D eigenvalue weighted by Gasteiger charge is 2.51. The van der Waals surface area contributed by atoms with Gasteiger partial charge < -0.3 is 13.3 Å². The molecule has 0 spiro atoms. The molecule has 1 unspecified atom stereocenters. The van der Waals surface area contributed by atoms with Gasteiger partial charge in [0.1, 0.15) is 0 Å². The fourth-order valence-corrected chi connectivity index (χ4v) is 6.32. The van der Waals surface area contributed by atoms with Crippen molar-refractivity contribution in [2.75, 3.05) is 0 Å². The maximum absolute atomic E-state index is 6.33. The predicted molar refractivity (Wildman–Crippen MR) is 90.4 cm³/mol. The molecule has 0 aromatic rings. The molecule has 3 nitrogen and oxygen atoms in total. The SMILES string of the molecule is CC(C)O[Si](OC(C)C)(OC(C)C)C(C)C1=CCCCC1. The van der Waals surface area contributed by atoms with E-state index in [1.54, 1.807) is 0 Å². The standard InChI is InChI=1S/C17H34O3Si/c1-13(2)18-21(19-14(3)4,20-15(5)6)16(7)17-11-9-8-10-12-17/h11,13-16H,8-10,12H2,1-7H3. The van der Waals surface area contributed by atoms with Crippen molar-refractivity contribution in [3.63, 3.8) is 0 Å². The molecular weight excluding hydrogens is 280 g/mol. The van der Waals surface area contributed by atoms with Crippen LogP contribution >= 0.6 is 0 Å². The minimum atomic E-state index is -2.74. The zero-order valence-corrected chi connectivity index (χ0v) is 15.9. The van der Waals surface area contributed by atoms with Crippen molar-refractivity contribution in [3.05, 3.63) is 11.6 Å². The summed E-state index contributed by atoms with van der Waals surface area (Å²) < 4.78 is 19.0. The van der Waals surface area contributed by atoms with Crippen molar-refractivity contribution >= 4 is 8.80 Å². The van der Waals surface area contributed by atoms with Crippen LogP contribution in [0.1, 0.15) is 74.1 Å². The summed E-state index contributed by atoms with van der Waals surface area (Å²) in [5.74, 6) is 0. The van der Waals surface area contributed by atoms with Crippen LogP contribution < -0.4 is 0 Å². The van der Waals surface area contributed by atoms with Gasteiger partial charge in [0.2, 0.25) is 0 Å². The summed E-state index contributed by atoms with van der Waals surface area (Å²) in [5.41, 5.74) is 1.71. The molecule has 1 aliphatic carbocycles. The van der Waals surface area contributed by atoms with Crippen LogP contribution in [-0.2, 0) is 13.3 Å². The minimum Gasteiger partial charge on any atom is -0.371 e. The maximum atomic E-state index is 6.33. The molecule has 0 aromatic heterocycles. The molecule has 124 valence electrons. The molecule has 1 atom stereocenters. The van der Waals surface area contributed by atoms with Gasteiger partial charge in [-0.2, -0.15) is 0 Å². The van der Waals surface area contributed by atoms with Crippen LogP contribution in [-0.4, -0.2) is 27.1 Å². The average Bonchev–Trinajstić information content (AvgIpc) is 2.36. The Kier molecular flexibility index (Phi) is 7.61. The molecule has 0 aliphatic heterocycles. The summed E-state index contributed by atoms with van der Waals surface area (Å²) in [7, 11) is -2.74. The summed E-state index contributed by atoms with van der Waals surface area (Å²) in [6.45, 7) is 14.6. The Morgan fingerprint density at radius 1 is 0.810 bits per heavy atom. The zero-order chi connectivity index (χ0) is 16.0. The van der Waals surface area contributed by atoms with Crippen molar-refractivity contribution in [3.8, 4) is 0 Å². The van der Waals surface area contributed by atoms with E-state index in [1.165, 1.54) is 24.8 Å². The third-order valence-electron chi connectivity index (χ3n) is 3.61. The summed E-state index contributed by atoms with van der Waals surface area (Å²) in [6, 6.07) is 0. The van der Waals surface area contributed by atoms with Crippen LogP contribution in [0.25, 0.3) is 0 Å². The quantitative estimate of drug-likeness (QED) is 0.461. The lowest BCUT2D eigenvalue weighted by Gasteiger charge is -2.39. The van der Waals surface area contributed by atoms with Gasteiger partial charge in [0.05, 0.1) is 0 Å². The Balaban J connectivity index is 3.07. The van der Waals surface area contributed by atoms with Gasteiger partial charge in [0, 0.05) is 23.9 Å². The van der Waals surface area contributed by atoms with E-state index < -0.39 is 8.80 Å². The van der Waals surface area contributed by atoms with Crippen LogP contribution in [0.15, 0.2) is 11.6 Å². The van der Waals surface area contributed by atoms with Crippen molar-refractivity contribution in [2.24, 2.45) is 0 Å². The highest BCUT2D eigenvalue weighted by molar-refractivity contribution is 6.63. The normalized spacial score (nSPS) is 18.5. The Bertz CT molecular complexity index is 310. The summed E-state index contributed by atoms with van der Waals surface area (Å²) >= 11 is 0. The first-order valence-electron chi connectivity index (χ1n) is 8.49. The van der Waals surface area contributed by atoms with E-state index in [-0.39, 0.29) is 23.9 Å². The monoisotopic (exact) mass is 314 g/mol. The third-order valence-corrected chi connectivity index (χ3v) is 7.44. The van der Waals surface area contributed by atoms with Crippen LogP contribution in [0, 0.1) is 0 Å². The molecule has 1 rings (SSSR count). The highest BCUT2D eigenvalue weighted by atomic mass is 28.4. The molecule has 21 heavy (non-hydrogen) atoms. The second-order valence-electron chi connectivity index (χ2n) is 6.85. The van der Waals surface area contributed by atoms with Crippen molar-refractivity contribution in [1.29, 1.82) is 0 Å². The summed E-state index contributed by atoms with van der Waals surface area (Å²) in [4.78, 5) is 0. The lowest BCUT2D eigenvalue weighted by Crippen LogP contribution is -2.54. The zero-order valence-electron chi connectivity index (χ0n) is 14.9. The third kappa shape index (κ3) is 5.85. The van der Waals surface area contributed by atoms with E-state index in [4.69, 9.17) is 13.3 Å². The molecule has 0 aromatic carbocycles. The second kappa shape index (κ2) is 8.46. The Morgan fingerprint density at radius 3 is 1.62 bits per heavy atom. The lowest BCUT2D eigenvalue weighted by atomic mass is 9.98. The lowest BCUT2D eigenvalue weighted by molar-refractivity contribution is -0.00157. The molecular formula is C17H34O3Si. The van der Waals surface area contributed by atoms with Crippen LogP contribution in [0.2, 0.25) is 5.54 Å². The van der Waals surface area contributed by atoms with Gasteiger partial charge in [-0.15, -0.1) is 0 Å². The van der Waals surface area contributed by atoms with Gasteiger partial charge in [-0.25, -0.2) is 0 Å².